The number of nitrogens with zero attached hydrogens (tertiary/aromatic N) is 1. The van der Waals surface area contributed by atoms with E-state index in [2.05, 4.69) is 0 Å². The summed E-state index contributed by atoms with van der Waals surface area (Å²) in [5.41, 5.74) is 2.30. The predicted molar refractivity (Wildman–Crippen MR) is 88.5 cm³/mol. The molecule has 0 aliphatic carbocycles. The Bertz CT molecular complexity index is 883. The minimum absolute atomic E-state index is 0.0000863. The van der Waals surface area contributed by atoms with Gasteiger partial charge in [0.05, 0.1) is 10.5 Å². The number of rotatable bonds is 3. The third-order valence-corrected chi connectivity index (χ3v) is 7.25. The van der Waals surface area contributed by atoms with Crippen LogP contribution in [0.4, 0.5) is 0 Å². The molecule has 0 spiro atoms. The first-order valence-electron chi connectivity index (χ1n) is 7.20. The first kappa shape index (κ1) is 16.2. The van der Waals surface area contributed by atoms with Crippen molar-refractivity contribution in [1.82, 2.24) is 4.31 Å². The molecule has 0 unspecified atom stereocenters. The van der Waals surface area contributed by atoms with Gasteiger partial charge in [-0.25, -0.2) is 13.2 Å². The number of hydrogen-bond donors (Lipinski definition) is 1. The monoisotopic (exact) mass is 351 g/mol. The van der Waals surface area contributed by atoms with Crippen molar-refractivity contribution in [2.45, 2.75) is 31.7 Å². The van der Waals surface area contributed by atoms with Crippen LogP contribution in [-0.4, -0.2) is 30.3 Å². The fraction of sp³-hybridized carbons (Fsp3) is 0.312. The van der Waals surface area contributed by atoms with Crippen LogP contribution in [-0.2, 0) is 23.0 Å². The number of aromatic carboxylic acids is 1. The number of thiophene rings is 1. The molecule has 1 aromatic heterocycles. The van der Waals surface area contributed by atoms with Crippen molar-refractivity contribution in [3.63, 3.8) is 0 Å². The van der Waals surface area contributed by atoms with Crippen LogP contribution in [0.1, 0.15) is 31.9 Å². The number of aryl methyl sites for hydroxylation is 1. The molecule has 3 rings (SSSR count). The van der Waals surface area contributed by atoms with Gasteiger partial charge in [0.15, 0.2) is 0 Å². The Labute approximate surface area is 139 Å². The average Bonchev–Trinajstić information content (AvgIpc) is 2.96. The van der Waals surface area contributed by atoms with Crippen LogP contribution in [0.25, 0.3) is 0 Å². The zero-order valence-corrected chi connectivity index (χ0v) is 14.5. The van der Waals surface area contributed by atoms with Gasteiger partial charge in [0.1, 0.15) is 0 Å². The molecular weight excluding hydrogens is 334 g/mol. The molecule has 122 valence electrons. The fourth-order valence-corrected chi connectivity index (χ4v) is 5.42. The van der Waals surface area contributed by atoms with E-state index in [1.54, 1.807) is 25.2 Å². The molecule has 7 heteroatoms. The summed E-state index contributed by atoms with van der Waals surface area (Å²) in [6.07, 6.45) is 0.697. The summed E-state index contributed by atoms with van der Waals surface area (Å²) >= 11 is 1.65. The maximum atomic E-state index is 13.0. The van der Waals surface area contributed by atoms with E-state index in [0.29, 0.717) is 30.6 Å². The molecule has 2 heterocycles. The van der Waals surface area contributed by atoms with Crippen molar-refractivity contribution in [3.05, 3.63) is 50.7 Å². The molecule has 0 saturated carbocycles. The number of carboxylic acid groups (broad SMARTS) is 1. The van der Waals surface area contributed by atoms with Crippen LogP contribution >= 0.6 is 11.3 Å². The molecule has 0 atom stereocenters. The fourth-order valence-electron chi connectivity index (χ4n) is 2.79. The van der Waals surface area contributed by atoms with E-state index in [1.165, 1.54) is 21.3 Å². The molecule has 0 saturated heterocycles. The van der Waals surface area contributed by atoms with Crippen LogP contribution in [0.2, 0.25) is 0 Å². The first-order chi connectivity index (χ1) is 10.8. The minimum Gasteiger partial charge on any atom is -0.478 e. The van der Waals surface area contributed by atoms with E-state index in [-0.39, 0.29) is 10.5 Å². The van der Waals surface area contributed by atoms with Crippen molar-refractivity contribution >= 4 is 27.3 Å². The standard InChI is InChI=1S/C16H17NO4S2/c1-10-7-13(16(18)19)8-15(11(10)2)23(20,21)17-5-3-14-12(9-17)4-6-22-14/h4,6-8H,3,5,9H2,1-2H3,(H,18,19). The molecule has 0 amide bonds. The molecule has 2 aromatic rings. The summed E-state index contributed by atoms with van der Waals surface area (Å²) in [7, 11) is -3.72. The van der Waals surface area contributed by atoms with E-state index in [0.717, 1.165) is 5.56 Å². The van der Waals surface area contributed by atoms with E-state index in [4.69, 9.17) is 0 Å². The lowest BCUT2D eigenvalue weighted by Gasteiger charge is -2.27. The topological polar surface area (TPSA) is 74.7 Å². The molecule has 0 radical (unpaired) electrons. The summed E-state index contributed by atoms with van der Waals surface area (Å²) in [5.74, 6) is -1.12. The van der Waals surface area contributed by atoms with Crippen LogP contribution in [0.15, 0.2) is 28.5 Å². The van der Waals surface area contributed by atoms with E-state index in [9.17, 15) is 18.3 Å². The second-order valence-corrected chi connectivity index (χ2v) is 8.59. The molecule has 5 nitrogen and oxygen atoms in total. The Morgan fingerprint density at radius 2 is 2.04 bits per heavy atom. The Morgan fingerprint density at radius 1 is 1.30 bits per heavy atom. The van der Waals surface area contributed by atoms with Crippen molar-refractivity contribution in [2.24, 2.45) is 0 Å². The number of benzene rings is 1. The van der Waals surface area contributed by atoms with E-state index >= 15 is 0 Å². The summed E-state index contributed by atoms with van der Waals surface area (Å²) in [6.45, 7) is 4.21. The third kappa shape index (κ3) is 2.80. The third-order valence-electron chi connectivity index (χ3n) is 4.26. The lowest BCUT2D eigenvalue weighted by atomic mass is 10.1. The molecule has 0 fully saturated rings. The number of carboxylic acids is 1. The quantitative estimate of drug-likeness (QED) is 0.923. The Balaban J connectivity index is 2.05. The van der Waals surface area contributed by atoms with Crippen molar-refractivity contribution in [2.75, 3.05) is 6.54 Å². The highest BCUT2D eigenvalue weighted by molar-refractivity contribution is 7.89. The largest absolute Gasteiger partial charge is 0.478 e. The lowest BCUT2D eigenvalue weighted by Crippen LogP contribution is -2.35. The van der Waals surface area contributed by atoms with Gasteiger partial charge in [0.2, 0.25) is 10.0 Å². The second kappa shape index (κ2) is 5.74. The number of hydrogen-bond acceptors (Lipinski definition) is 4. The van der Waals surface area contributed by atoms with Crippen LogP contribution in [0.3, 0.4) is 0 Å². The normalized spacial score (nSPS) is 15.4. The molecular formula is C16H17NO4S2. The molecule has 1 N–H and O–H groups in total. The summed E-state index contributed by atoms with van der Waals surface area (Å²) in [5, 5.41) is 11.2. The Hall–Kier alpha value is -1.70. The van der Waals surface area contributed by atoms with E-state index < -0.39 is 16.0 Å². The second-order valence-electron chi connectivity index (χ2n) is 5.68. The van der Waals surface area contributed by atoms with Crippen molar-refractivity contribution < 1.29 is 18.3 Å². The number of fused-ring (bicyclic) bond motifs is 1. The van der Waals surface area contributed by atoms with Gasteiger partial charge in [-0.1, -0.05) is 0 Å². The number of sulfonamides is 1. The zero-order valence-electron chi connectivity index (χ0n) is 12.9. The molecule has 23 heavy (non-hydrogen) atoms. The Kier molecular flexibility index (Phi) is 4.03. The zero-order chi connectivity index (χ0) is 16.8. The molecule has 1 aliphatic heterocycles. The van der Waals surface area contributed by atoms with Crippen LogP contribution < -0.4 is 0 Å². The first-order valence-corrected chi connectivity index (χ1v) is 9.52. The van der Waals surface area contributed by atoms with Crippen LogP contribution in [0.5, 0.6) is 0 Å². The average molecular weight is 351 g/mol. The van der Waals surface area contributed by atoms with E-state index in [1.807, 2.05) is 11.4 Å². The molecule has 0 bridgehead atoms. The van der Waals surface area contributed by atoms with Gasteiger partial charge in [0.25, 0.3) is 0 Å². The maximum Gasteiger partial charge on any atom is 0.335 e. The summed E-state index contributed by atoms with van der Waals surface area (Å²) in [6, 6.07) is 4.72. The number of carbonyl (C=O) groups is 1. The lowest BCUT2D eigenvalue weighted by molar-refractivity contribution is 0.0696. The van der Waals surface area contributed by atoms with Gasteiger partial charge in [-0.05, 0) is 60.5 Å². The predicted octanol–water partition coefficient (Wildman–Crippen LogP) is 2.81. The summed E-state index contributed by atoms with van der Waals surface area (Å²) in [4.78, 5) is 12.6. The van der Waals surface area contributed by atoms with Gasteiger partial charge >= 0.3 is 5.97 Å². The molecule has 1 aromatic carbocycles. The van der Waals surface area contributed by atoms with Gasteiger partial charge in [0, 0.05) is 18.0 Å². The Morgan fingerprint density at radius 3 is 2.74 bits per heavy atom. The SMILES string of the molecule is Cc1cc(C(=O)O)cc(S(=O)(=O)N2CCc3sccc3C2)c1C. The van der Waals surface area contributed by atoms with Crippen LogP contribution in [0, 0.1) is 13.8 Å². The highest BCUT2D eigenvalue weighted by Crippen LogP contribution is 2.30. The van der Waals surface area contributed by atoms with Crippen molar-refractivity contribution in [1.29, 1.82) is 0 Å². The minimum atomic E-state index is -3.72. The highest BCUT2D eigenvalue weighted by atomic mass is 32.2. The van der Waals surface area contributed by atoms with Gasteiger partial charge < -0.3 is 5.11 Å². The van der Waals surface area contributed by atoms with Gasteiger partial charge in [-0.3, -0.25) is 0 Å². The maximum absolute atomic E-state index is 13.0. The highest BCUT2D eigenvalue weighted by Gasteiger charge is 2.31. The summed E-state index contributed by atoms with van der Waals surface area (Å²) < 4.78 is 27.4. The van der Waals surface area contributed by atoms with Crippen molar-refractivity contribution in [3.8, 4) is 0 Å². The van der Waals surface area contributed by atoms with Gasteiger partial charge in [-0.15, -0.1) is 11.3 Å². The van der Waals surface area contributed by atoms with Gasteiger partial charge in [-0.2, -0.15) is 4.31 Å². The smallest absolute Gasteiger partial charge is 0.335 e. The molecule has 1 aliphatic rings.